The second kappa shape index (κ2) is 12.4. The van der Waals surface area contributed by atoms with Gasteiger partial charge in [-0.1, -0.05) is 22.9 Å². The van der Waals surface area contributed by atoms with Crippen LogP contribution in [-0.2, 0) is 6.42 Å². The molecule has 1 saturated carbocycles. The van der Waals surface area contributed by atoms with Gasteiger partial charge < -0.3 is 14.7 Å². The van der Waals surface area contributed by atoms with E-state index >= 15 is 0 Å². The van der Waals surface area contributed by atoms with Crippen LogP contribution in [0.25, 0.3) is 0 Å². The van der Waals surface area contributed by atoms with Crippen LogP contribution in [0.2, 0.25) is 0 Å². The number of aliphatic hydroxyl groups is 1. The molecular formula is C25H41BrN2O2. The summed E-state index contributed by atoms with van der Waals surface area (Å²) in [5, 5.41) is 9.26. The van der Waals surface area contributed by atoms with Crippen LogP contribution < -0.4 is 4.74 Å². The second-order valence-electron chi connectivity index (χ2n) is 9.26. The summed E-state index contributed by atoms with van der Waals surface area (Å²) in [5.74, 6) is 2.64. The third-order valence-corrected chi connectivity index (χ3v) is 8.22. The summed E-state index contributed by atoms with van der Waals surface area (Å²) in [6, 6.07) is 7.02. The predicted octanol–water partition coefficient (Wildman–Crippen LogP) is 4.98. The highest BCUT2D eigenvalue weighted by Crippen LogP contribution is 2.31. The number of methoxy groups -OCH3 is 1. The summed E-state index contributed by atoms with van der Waals surface area (Å²) in [7, 11) is 1.74. The molecule has 2 fully saturated rings. The van der Waals surface area contributed by atoms with E-state index < -0.39 is 0 Å². The summed E-state index contributed by atoms with van der Waals surface area (Å²) in [6.45, 7) is 8.20. The van der Waals surface area contributed by atoms with E-state index in [-0.39, 0.29) is 0 Å². The average Bonchev–Trinajstić information content (AvgIpc) is 2.79. The molecule has 0 radical (unpaired) electrons. The number of aliphatic hydroxyl groups excluding tert-OH is 1. The first-order valence-electron chi connectivity index (χ1n) is 12.0. The molecule has 30 heavy (non-hydrogen) atoms. The molecule has 2 aliphatic rings. The van der Waals surface area contributed by atoms with Crippen LogP contribution in [0.1, 0.15) is 57.4 Å². The molecule has 1 saturated heterocycles. The Kier molecular flexibility index (Phi) is 9.95. The molecule has 5 heteroatoms. The van der Waals surface area contributed by atoms with Gasteiger partial charge in [0.05, 0.1) is 13.7 Å². The predicted molar refractivity (Wildman–Crippen MR) is 128 cm³/mol. The number of ether oxygens (including phenoxy) is 1. The van der Waals surface area contributed by atoms with Gasteiger partial charge in [0, 0.05) is 17.1 Å². The molecule has 1 aromatic rings. The van der Waals surface area contributed by atoms with Gasteiger partial charge in [-0.3, -0.25) is 4.90 Å². The highest BCUT2D eigenvalue weighted by molar-refractivity contribution is 9.10. The molecule has 0 amide bonds. The van der Waals surface area contributed by atoms with Crippen LogP contribution in [-0.4, -0.2) is 67.4 Å². The van der Waals surface area contributed by atoms with Gasteiger partial charge in [-0.15, -0.1) is 0 Å². The van der Waals surface area contributed by atoms with Gasteiger partial charge in [0.25, 0.3) is 0 Å². The van der Waals surface area contributed by atoms with E-state index in [9.17, 15) is 5.11 Å². The van der Waals surface area contributed by atoms with Crippen LogP contribution in [0.3, 0.4) is 0 Å². The van der Waals surface area contributed by atoms with Crippen molar-refractivity contribution in [2.45, 2.75) is 64.3 Å². The number of nitrogens with zero attached hydrogens (tertiary/aromatic N) is 2. The minimum atomic E-state index is 0.290. The van der Waals surface area contributed by atoms with Crippen LogP contribution >= 0.6 is 15.9 Å². The SMILES string of the molecule is CCN(CCO)C1CCC(CCN2CCC(Cc3cc(OC)ccc3Br)CC2)CC1. The first-order valence-corrected chi connectivity index (χ1v) is 12.8. The van der Waals surface area contributed by atoms with E-state index in [1.807, 2.05) is 6.07 Å². The number of halogens is 1. The van der Waals surface area contributed by atoms with E-state index in [0.717, 1.165) is 37.1 Å². The Balaban J connectivity index is 1.35. The maximum absolute atomic E-state index is 9.26. The van der Waals surface area contributed by atoms with Gasteiger partial charge in [-0.05, 0) is 113 Å². The molecule has 1 aliphatic carbocycles. The van der Waals surface area contributed by atoms with Gasteiger partial charge in [-0.2, -0.15) is 0 Å². The lowest BCUT2D eigenvalue weighted by atomic mass is 9.83. The third-order valence-electron chi connectivity index (χ3n) is 7.45. The fraction of sp³-hybridized carbons (Fsp3) is 0.760. The van der Waals surface area contributed by atoms with Gasteiger partial charge in [0.2, 0.25) is 0 Å². The normalized spacial score (nSPS) is 23.8. The van der Waals surface area contributed by atoms with Crippen molar-refractivity contribution in [1.29, 1.82) is 0 Å². The van der Waals surface area contributed by atoms with Crippen LogP contribution in [0.15, 0.2) is 22.7 Å². The number of likely N-dealkylation sites (N-methyl/N-ethyl adjacent to an activating group) is 1. The number of rotatable bonds is 10. The monoisotopic (exact) mass is 480 g/mol. The minimum Gasteiger partial charge on any atom is -0.497 e. The highest BCUT2D eigenvalue weighted by atomic mass is 79.9. The minimum absolute atomic E-state index is 0.290. The fourth-order valence-corrected chi connectivity index (χ4v) is 5.86. The first-order chi connectivity index (χ1) is 14.6. The van der Waals surface area contributed by atoms with Gasteiger partial charge in [0.1, 0.15) is 5.75 Å². The molecule has 4 nitrogen and oxygen atoms in total. The maximum atomic E-state index is 9.26. The Labute approximate surface area is 192 Å². The Hall–Kier alpha value is -0.620. The Morgan fingerprint density at radius 1 is 1.10 bits per heavy atom. The van der Waals surface area contributed by atoms with E-state index in [1.54, 1.807) is 7.11 Å². The van der Waals surface area contributed by atoms with Crippen LogP contribution in [0.5, 0.6) is 5.75 Å². The van der Waals surface area contributed by atoms with Gasteiger partial charge >= 0.3 is 0 Å². The molecule has 0 aromatic heterocycles. The van der Waals surface area contributed by atoms with Gasteiger partial charge in [0.15, 0.2) is 0 Å². The zero-order valence-corrected chi connectivity index (χ0v) is 20.6. The number of likely N-dealkylation sites (tertiary alicyclic amines) is 1. The number of hydrogen-bond donors (Lipinski definition) is 1. The third kappa shape index (κ3) is 6.94. The summed E-state index contributed by atoms with van der Waals surface area (Å²) >= 11 is 3.71. The van der Waals surface area contributed by atoms with Crippen molar-refractivity contribution in [2.75, 3.05) is 46.4 Å². The lowest BCUT2D eigenvalue weighted by Gasteiger charge is -2.37. The smallest absolute Gasteiger partial charge is 0.119 e. The summed E-state index contributed by atoms with van der Waals surface area (Å²) in [6.07, 6.45) is 10.5. The average molecular weight is 482 g/mol. The zero-order chi connectivity index (χ0) is 21.3. The highest BCUT2D eigenvalue weighted by Gasteiger charge is 2.26. The lowest BCUT2D eigenvalue weighted by molar-refractivity contribution is 0.108. The fourth-order valence-electron chi connectivity index (χ4n) is 5.45. The Bertz CT molecular complexity index is 626. The molecule has 0 atom stereocenters. The largest absolute Gasteiger partial charge is 0.497 e. The van der Waals surface area contributed by atoms with E-state index in [4.69, 9.17) is 4.74 Å². The first kappa shape index (κ1) is 24.0. The lowest BCUT2D eigenvalue weighted by Crippen LogP contribution is -2.40. The van der Waals surface area contributed by atoms with Crippen molar-refractivity contribution >= 4 is 15.9 Å². The quantitative estimate of drug-likeness (QED) is 0.512. The number of hydrogen-bond acceptors (Lipinski definition) is 4. The molecule has 1 aliphatic heterocycles. The topological polar surface area (TPSA) is 35.9 Å². The van der Waals surface area contributed by atoms with Gasteiger partial charge in [-0.25, -0.2) is 0 Å². The molecule has 0 spiro atoms. The van der Waals surface area contributed by atoms with Crippen molar-refractivity contribution < 1.29 is 9.84 Å². The molecule has 1 aromatic carbocycles. The second-order valence-corrected chi connectivity index (χ2v) is 10.1. The zero-order valence-electron chi connectivity index (χ0n) is 19.0. The standard InChI is InChI=1S/C25H41BrN2O2/c1-3-28(16-17-29)23-6-4-20(5-7-23)10-13-27-14-11-21(12-15-27)18-22-19-24(30-2)8-9-25(22)26/h8-9,19-21,23,29H,3-7,10-18H2,1-2H3. The summed E-state index contributed by atoms with van der Waals surface area (Å²) in [5.41, 5.74) is 1.38. The molecule has 170 valence electrons. The Morgan fingerprint density at radius 2 is 1.83 bits per heavy atom. The molecule has 0 bridgehead atoms. The van der Waals surface area contributed by atoms with E-state index in [2.05, 4.69) is 44.8 Å². The van der Waals surface area contributed by atoms with Crippen molar-refractivity contribution in [3.05, 3.63) is 28.2 Å². The number of piperidine rings is 1. The summed E-state index contributed by atoms with van der Waals surface area (Å²) in [4.78, 5) is 5.18. The van der Waals surface area contributed by atoms with Crippen molar-refractivity contribution in [3.63, 3.8) is 0 Å². The van der Waals surface area contributed by atoms with Crippen molar-refractivity contribution in [3.8, 4) is 5.75 Å². The number of benzene rings is 1. The molecule has 0 unspecified atom stereocenters. The van der Waals surface area contributed by atoms with Crippen LogP contribution in [0, 0.1) is 11.8 Å². The maximum Gasteiger partial charge on any atom is 0.119 e. The molecule has 1 heterocycles. The molecule has 1 N–H and O–H groups in total. The van der Waals surface area contributed by atoms with E-state index in [0.29, 0.717) is 12.6 Å². The molecule has 3 rings (SSSR count). The van der Waals surface area contributed by atoms with Crippen LogP contribution in [0.4, 0.5) is 0 Å². The van der Waals surface area contributed by atoms with Crippen molar-refractivity contribution in [1.82, 2.24) is 9.80 Å². The van der Waals surface area contributed by atoms with Crippen molar-refractivity contribution in [2.24, 2.45) is 11.8 Å². The summed E-state index contributed by atoms with van der Waals surface area (Å²) < 4.78 is 6.61. The molecular weight excluding hydrogens is 440 g/mol. The Morgan fingerprint density at radius 3 is 2.47 bits per heavy atom. The van der Waals surface area contributed by atoms with E-state index in [1.165, 1.54) is 74.6 Å².